The van der Waals surface area contributed by atoms with E-state index in [1.165, 1.54) is 21.6 Å². The molecule has 146 heavy (non-hydrogen) atoms. The van der Waals surface area contributed by atoms with Crippen molar-refractivity contribution >= 4 is 241 Å². The number of terminal acetylenes is 1. The maximum Gasteiger partial charge on any atom is 0.449 e. The molecule has 12 rings (SSSR count). The van der Waals surface area contributed by atoms with Gasteiger partial charge in [-0.1, -0.05) is 94.9 Å². The van der Waals surface area contributed by atoms with Crippen LogP contribution in [0.25, 0.3) is 54.6 Å². The van der Waals surface area contributed by atoms with Gasteiger partial charge in [0.05, 0.1) is 97.3 Å². The fraction of sp³-hybridized carbons (Fsp3) is 0.667. The molecule has 4 fully saturated rings. The Balaban J connectivity index is 0.000000247. The molecule has 8 aromatic rings. The van der Waals surface area contributed by atoms with E-state index in [2.05, 4.69) is 240 Å². The highest BCUT2D eigenvalue weighted by Gasteiger charge is 2.47. The van der Waals surface area contributed by atoms with E-state index in [0.29, 0.717) is 102 Å². The van der Waals surface area contributed by atoms with Crippen molar-refractivity contribution in [2.24, 2.45) is 20.1 Å². The van der Waals surface area contributed by atoms with E-state index in [4.69, 9.17) is 78.7 Å². The Hall–Kier alpha value is -5.80. The number of hydrogen-bond acceptors (Lipinski definition) is 33. The molecule has 56 heteroatoms. The number of thioether (sulfide) groups is 1. The maximum absolute atomic E-state index is 12.8. The lowest BCUT2D eigenvalue weighted by Gasteiger charge is -2.37. The van der Waals surface area contributed by atoms with Crippen molar-refractivity contribution in [2.45, 2.75) is 260 Å². The van der Waals surface area contributed by atoms with Crippen LogP contribution in [0, 0.1) is 26.6 Å². The number of fused-ring (bicyclic) bond motifs is 4. The van der Waals surface area contributed by atoms with Crippen LogP contribution in [0.3, 0.4) is 0 Å². The zero-order chi connectivity index (χ0) is 110. The number of rotatable bonds is 37. The van der Waals surface area contributed by atoms with Crippen LogP contribution in [-0.4, -0.2) is 337 Å². The van der Waals surface area contributed by atoms with E-state index in [1.807, 2.05) is 122 Å². The third-order valence-electron chi connectivity index (χ3n) is 24.7. The largest absolute Gasteiger partial charge is 0.449 e. The molecular weight excluding hydrogens is 2470 g/mol. The fourth-order valence-corrected chi connectivity index (χ4v) is 22.5. The number of nitrogens with two attached hydrogens (primary N) is 1. The number of ketones is 1. The number of aliphatic hydroxyl groups is 3. The smallest absolute Gasteiger partial charge is 0.414 e. The van der Waals surface area contributed by atoms with E-state index in [0.717, 1.165) is 14.3 Å². The van der Waals surface area contributed by atoms with Crippen molar-refractivity contribution in [3.8, 4) is 12.3 Å². The first-order chi connectivity index (χ1) is 67.9. The number of nitrogens with zero attached hydrogens (tertiary/aromatic N) is 18. The van der Waals surface area contributed by atoms with E-state index in [1.54, 1.807) is 84.3 Å². The van der Waals surface area contributed by atoms with Gasteiger partial charge in [0.25, 0.3) is 22.2 Å². The number of halogens is 7. The highest BCUT2D eigenvalue weighted by atomic mass is 127. The van der Waals surface area contributed by atoms with E-state index < -0.39 is 91.2 Å². The number of Topliss-reactive ketones (excluding diaryl/α,β-unsaturated/α-hetero) is 1. The summed E-state index contributed by atoms with van der Waals surface area (Å²) in [7, 11) is 14.9. The predicted octanol–water partition coefficient (Wildman–Crippen LogP) is 15.6. The number of ether oxygens (including phenoxy) is 9. The van der Waals surface area contributed by atoms with Gasteiger partial charge < -0.3 is 110 Å². The molecule has 0 spiro atoms. The van der Waals surface area contributed by atoms with Gasteiger partial charge in [-0.25, -0.2) is 15.0 Å². The number of carbonyl (C=O) groups excluding carboxylic acids is 1. The summed E-state index contributed by atoms with van der Waals surface area (Å²) in [5, 5.41) is 35.2. The van der Waals surface area contributed by atoms with Gasteiger partial charge in [0.2, 0.25) is 36.0 Å². The van der Waals surface area contributed by atoms with E-state index >= 15 is 0 Å². The summed E-state index contributed by atoms with van der Waals surface area (Å²) in [6.45, 7) is 37.6. The number of anilines is 1. The summed E-state index contributed by atoms with van der Waals surface area (Å²) >= 11 is 10.1. The number of alkyl halides is 3. The molecule has 4 saturated heterocycles. The lowest BCUT2D eigenvalue weighted by molar-refractivity contribution is -0.179. The lowest BCUT2D eigenvalue weighted by Crippen LogP contribution is -2.44. The van der Waals surface area contributed by atoms with Gasteiger partial charge in [-0.05, 0) is 191 Å². The van der Waals surface area contributed by atoms with Crippen LogP contribution in [0.4, 0.5) is 37.0 Å². The van der Waals surface area contributed by atoms with Crippen molar-refractivity contribution in [3.05, 3.63) is 90.9 Å². The molecule has 8 aromatic heterocycles. The van der Waals surface area contributed by atoms with Crippen LogP contribution in [0.2, 0.25) is 54.4 Å². The Kier molecular flexibility index (Phi) is 48.6. The zero-order valence-corrected chi connectivity index (χ0v) is 102. The minimum absolute atomic E-state index is 0.0236. The minimum Gasteiger partial charge on any atom is -0.414 e. The topological polar surface area (TPSA) is 516 Å². The SMILES string of the molecule is C#CCOCSSC(C)(C)CCC(=O)C(F)(F)F.CN(C)C=Nc1nc2c(c(I)cn2[C@H]2C[C@@H](O)[C@@H](CO[Si](C)(C)C(C)(C)C)O2)c(=O)[nH]1.CN(C)C=Nc1nc2c(c(I)cn2[C@H]2C[C@@H](OCN=[N+]=[N-])[C@@H](CO[Si](C)(C)C(C)(C)C)O2)c(=O)[nH]1.COC(OC)N(C)C.CSCO[C@@H]1C[C@H](n2cc(I)c3c(=O)[nH]c(N=CN(C)C)nc32)O[C@@H]1CO[Si](C)(C)C(C)(C)C.Nc1nc2c(c(I)cn2[C@H]2C[C@@H](O)[C@@H](CO)O2)c(=O)[nH]1. The van der Waals surface area contributed by atoms with Crippen molar-refractivity contribution in [2.75, 3.05) is 134 Å². The number of aromatic nitrogens is 12. The molecule has 4 aliphatic rings. The molecule has 43 nitrogen and oxygen atoms in total. The summed E-state index contributed by atoms with van der Waals surface area (Å²) in [4.78, 5) is 112. The summed E-state index contributed by atoms with van der Waals surface area (Å²) in [5.74, 6) is 2.29. The second kappa shape index (κ2) is 55.8. The van der Waals surface area contributed by atoms with Gasteiger partial charge in [0.1, 0.15) is 68.6 Å². The number of aliphatic hydroxyl groups excluding tert-OH is 3. The molecule has 0 aromatic carbocycles. The molecule has 0 amide bonds. The molecule has 0 aliphatic carbocycles. The quantitative estimate of drug-likeness (QED) is 0.00153. The third-order valence-corrected chi connectivity index (χ3v) is 44.9. The molecule has 0 saturated carbocycles. The predicted molar refractivity (Wildman–Crippen MR) is 608 cm³/mol. The van der Waals surface area contributed by atoms with E-state index in [9.17, 15) is 47.4 Å². The van der Waals surface area contributed by atoms with Crippen molar-refractivity contribution in [1.29, 1.82) is 0 Å². The first-order valence-electron chi connectivity index (χ1n) is 46.4. The Labute approximate surface area is 917 Å². The van der Waals surface area contributed by atoms with Gasteiger partial charge in [0, 0.05) is 137 Å². The normalized spacial score (nSPS) is 20.7. The number of nitrogens with one attached hydrogen (secondary N) is 4. The van der Waals surface area contributed by atoms with Crippen LogP contribution in [0.15, 0.2) is 64.1 Å². The van der Waals surface area contributed by atoms with Crippen LogP contribution in [0.5, 0.6) is 0 Å². The number of methoxy groups -OCH3 is 2. The average Bonchev–Trinajstić information content (AvgIpc) is 1.62. The standard InChI is InChI=1S/C22H36IN5O4SSi.C21H33IN8O4Si.C20H32IN5O4Si.C11H15F3O2S2.C11H13IN4O4.C5H13NO2/c1-22(2,3)34(7,8)31-11-16-15(30-13-33-6)9-17(32-16)28-10-14(23)18-19(28)25-21(26-20(18)29)24-12-27(4)5;1-21(2,3)35(6,7)33-10-15-14(32-12-25-28-23)8-16(34-15)30-9-13(22)17-18(30)26-20(27-19(17)31)24-11-29(4)5;1-20(2,3)31(6,7)29-10-14-13(27)8-15(30-14)26-9-12(21)16-17(26)23-19(24-18(16)28)22-11-25(4)5;1-4-7-16-8-17-18-10(2,3)6-5-9(15)11(12,13)14;12-4-2-16(7-1-5(18)6(3-17)20-7)9-8(4)10(19)15-11(13)14-9;1-6(2)5(7-3)8-4/h10,12,15-17H,9,11,13H2,1-8H3,(H,25,26,29);9,11,14-16H,8,10,12H2,1-7H3,(H,26,27,31);9,11,13-15,27H,8,10H2,1-7H3,(H,23,24,28);1H,5-8H2,2-3H3;2,5-7,17-18H,1,3H2,(H3,13,14,15,19);5H,1-4H3/t15-,16-,17-;14-,15-,16-;13-,14-,15-;;5-,6-,7-;/m111.1./s1. The molecule has 12 heterocycles. The number of H-pyrrole nitrogens is 4. The Morgan fingerprint density at radius 3 is 1.25 bits per heavy atom. The Morgan fingerprint density at radius 2 is 0.925 bits per heavy atom. The summed E-state index contributed by atoms with van der Waals surface area (Å²) < 4.78 is 116. The third kappa shape index (κ3) is 35.9. The van der Waals surface area contributed by atoms with Crippen molar-refractivity contribution < 1.29 is 89.2 Å². The highest BCUT2D eigenvalue weighted by Crippen LogP contribution is 2.45. The molecule has 4 aliphatic heterocycles. The van der Waals surface area contributed by atoms with Gasteiger partial charge in [-0.2, -0.15) is 33.1 Å². The second-order valence-corrected chi connectivity index (χ2v) is 63.4. The average molecular weight is 2610 g/mol. The van der Waals surface area contributed by atoms with Gasteiger partial charge in [0.15, 0.2) is 47.5 Å². The van der Waals surface area contributed by atoms with Gasteiger partial charge in [-0.3, -0.25) is 48.8 Å². The summed E-state index contributed by atoms with van der Waals surface area (Å²) in [6, 6.07) is 0. The van der Waals surface area contributed by atoms with Crippen LogP contribution in [0.1, 0.15) is 140 Å². The number of azide groups is 1. The molecule has 0 radical (unpaired) electrons. The minimum atomic E-state index is -4.73. The van der Waals surface area contributed by atoms with Gasteiger partial charge in [-0.15, -0.1) is 18.2 Å². The van der Waals surface area contributed by atoms with Gasteiger partial charge >= 0.3 is 6.18 Å². The second-order valence-electron chi connectivity index (χ2n) is 40.5. The number of hydrogen-bond donors (Lipinski definition) is 8. The lowest BCUT2D eigenvalue weighted by atomic mass is 10.0. The molecule has 12 atom stereocenters. The number of aliphatic imine (C=N–C) groups is 3. The Bertz CT molecular complexity index is 6070. The first-order valence-corrected chi connectivity index (χ1v) is 63.1. The maximum atomic E-state index is 12.8. The number of aromatic amines is 4. The van der Waals surface area contributed by atoms with Crippen LogP contribution >= 0.6 is 124 Å². The molecular formula is C90H142F3I4N23O20S3Si3. The highest BCUT2D eigenvalue weighted by molar-refractivity contribution is 14.1. The molecule has 0 bridgehead atoms. The summed E-state index contributed by atoms with van der Waals surface area (Å²) in [5.41, 5.74) is 15.1. The number of nitrogen functional groups attached to an aromatic ring is 1. The molecule has 816 valence electrons. The first kappa shape index (κ1) is 127. The monoisotopic (exact) mass is 2610 g/mol. The Morgan fingerprint density at radius 1 is 0.582 bits per heavy atom. The molecule has 9 N–H and O–H groups in total. The van der Waals surface area contributed by atoms with E-state index in [-0.39, 0.29) is 125 Å². The summed E-state index contributed by atoms with van der Waals surface area (Å²) in [6.07, 6.45) is 10.5. The fourth-order valence-electron chi connectivity index (χ4n) is 13.7. The zero-order valence-electron chi connectivity index (χ0n) is 87.8. The number of carbonyl (C=O) groups is 1. The van der Waals surface area contributed by atoms with Crippen LogP contribution < -0.4 is 28.0 Å². The van der Waals surface area contributed by atoms with Crippen molar-refractivity contribution in [1.82, 2.24) is 77.7 Å². The molecule has 0 unspecified atom stereocenters. The van der Waals surface area contributed by atoms with Crippen molar-refractivity contribution in [3.63, 3.8) is 0 Å². The van der Waals surface area contributed by atoms with Crippen LogP contribution in [-0.2, 0) is 60.7 Å².